The monoisotopic (exact) mass is 405 g/mol. The molecule has 0 aliphatic heterocycles. The van der Waals surface area contributed by atoms with Crippen molar-refractivity contribution in [3.8, 4) is 0 Å². The average Bonchev–Trinajstić information content (AvgIpc) is 2.78. The highest BCUT2D eigenvalue weighted by Gasteiger charge is 2.27. The molecule has 2 aromatic carbocycles. The predicted octanol–water partition coefficient (Wildman–Crippen LogP) is 4.74. The highest BCUT2D eigenvalue weighted by atomic mass is 16.2. The average molecular weight is 406 g/mol. The van der Waals surface area contributed by atoms with Crippen LogP contribution < -0.4 is 5.56 Å². The second-order valence-electron chi connectivity index (χ2n) is 7.53. The van der Waals surface area contributed by atoms with Gasteiger partial charge in [0.2, 0.25) is 5.91 Å². The minimum Gasteiger partial charge on any atom is -0.333 e. The van der Waals surface area contributed by atoms with Crippen LogP contribution in [0, 0.1) is 0 Å². The number of aromatic nitrogens is 2. The van der Waals surface area contributed by atoms with Gasteiger partial charge in [-0.15, -0.1) is 0 Å². The zero-order chi connectivity index (χ0) is 21.5. The Bertz CT molecular complexity index is 1040. The van der Waals surface area contributed by atoms with Crippen LogP contribution >= 0.6 is 0 Å². The molecule has 0 aliphatic carbocycles. The summed E-state index contributed by atoms with van der Waals surface area (Å²) in [4.78, 5) is 33.1. The minimum absolute atomic E-state index is 0.0373. The number of hydrogen-bond donors (Lipinski definition) is 0. The lowest BCUT2D eigenvalue weighted by molar-refractivity contribution is -0.134. The van der Waals surface area contributed by atoms with Crippen molar-refractivity contribution in [1.82, 2.24) is 14.5 Å². The van der Waals surface area contributed by atoms with Gasteiger partial charge in [0.25, 0.3) is 5.56 Å². The molecule has 30 heavy (non-hydrogen) atoms. The minimum atomic E-state index is -0.217. The maximum Gasteiger partial charge on any atom is 0.261 e. The van der Waals surface area contributed by atoms with Gasteiger partial charge in [0.1, 0.15) is 5.82 Å². The lowest BCUT2D eigenvalue weighted by atomic mass is 10.1. The molecule has 0 saturated carbocycles. The number of fused-ring (bicyclic) bond motifs is 1. The molecule has 0 N–H and O–H groups in total. The Kier molecular flexibility index (Phi) is 7.39. The molecule has 1 unspecified atom stereocenters. The van der Waals surface area contributed by atoms with Crippen molar-refractivity contribution < 1.29 is 4.79 Å². The van der Waals surface area contributed by atoms with E-state index in [4.69, 9.17) is 4.98 Å². The quantitative estimate of drug-likeness (QED) is 0.517. The maximum absolute atomic E-state index is 13.2. The third-order valence-electron chi connectivity index (χ3n) is 5.52. The van der Waals surface area contributed by atoms with Crippen LogP contribution in [0.15, 0.2) is 59.4 Å². The summed E-state index contributed by atoms with van der Waals surface area (Å²) in [5, 5.41) is 0.621. The largest absolute Gasteiger partial charge is 0.333 e. The van der Waals surface area contributed by atoms with Crippen molar-refractivity contribution in [2.75, 3.05) is 6.54 Å². The second-order valence-corrected chi connectivity index (χ2v) is 7.53. The van der Waals surface area contributed by atoms with Gasteiger partial charge in [0.05, 0.1) is 16.9 Å². The Labute approximate surface area is 178 Å². The van der Waals surface area contributed by atoms with Gasteiger partial charge in [-0.25, -0.2) is 4.98 Å². The molecule has 5 nitrogen and oxygen atoms in total. The molecule has 3 rings (SSSR count). The van der Waals surface area contributed by atoms with Crippen molar-refractivity contribution in [1.29, 1.82) is 0 Å². The summed E-state index contributed by atoms with van der Waals surface area (Å²) in [6.07, 6.45) is 2.73. The molecular formula is C25H31N3O2. The van der Waals surface area contributed by atoms with Crippen LogP contribution in [0.3, 0.4) is 0 Å². The van der Waals surface area contributed by atoms with E-state index in [2.05, 4.69) is 13.8 Å². The zero-order valence-corrected chi connectivity index (χ0v) is 18.2. The highest BCUT2D eigenvalue weighted by Crippen LogP contribution is 2.25. The predicted molar refractivity (Wildman–Crippen MR) is 121 cm³/mol. The Morgan fingerprint density at radius 3 is 2.40 bits per heavy atom. The fraction of sp³-hybridized carbons (Fsp3) is 0.400. The molecule has 0 spiro atoms. The number of rotatable bonds is 9. The fourth-order valence-corrected chi connectivity index (χ4v) is 4.02. The van der Waals surface area contributed by atoms with Gasteiger partial charge in [-0.2, -0.15) is 0 Å². The van der Waals surface area contributed by atoms with Crippen LogP contribution in [0.5, 0.6) is 0 Å². The smallest absolute Gasteiger partial charge is 0.261 e. The molecule has 1 amide bonds. The van der Waals surface area contributed by atoms with Crippen LogP contribution in [0.1, 0.15) is 57.5 Å². The maximum atomic E-state index is 13.2. The van der Waals surface area contributed by atoms with Crippen molar-refractivity contribution in [2.24, 2.45) is 0 Å². The van der Waals surface area contributed by atoms with Gasteiger partial charge < -0.3 is 4.90 Å². The standard InChI is InChI=1S/C25H31N3O2/c1-4-18-28(23(29)17-16-19-12-8-7-9-13-19)22(5-2)24-26-21-15-11-10-14-20(21)25(30)27(24)6-3/h7-15,22H,4-6,16-18H2,1-3H3. The van der Waals surface area contributed by atoms with Gasteiger partial charge in [-0.05, 0) is 43.9 Å². The number of amides is 1. The van der Waals surface area contributed by atoms with Gasteiger partial charge in [0, 0.05) is 19.5 Å². The number of benzene rings is 2. The van der Waals surface area contributed by atoms with Crippen molar-refractivity contribution >= 4 is 16.8 Å². The number of para-hydroxylation sites is 1. The van der Waals surface area contributed by atoms with Crippen LogP contribution in [-0.2, 0) is 17.8 Å². The molecule has 1 heterocycles. The van der Waals surface area contributed by atoms with Crippen molar-refractivity contribution in [2.45, 2.75) is 59.0 Å². The van der Waals surface area contributed by atoms with E-state index in [1.165, 1.54) is 0 Å². The lowest BCUT2D eigenvalue weighted by Crippen LogP contribution is -2.39. The van der Waals surface area contributed by atoms with E-state index in [9.17, 15) is 9.59 Å². The van der Waals surface area contributed by atoms with E-state index in [1.54, 1.807) is 4.57 Å². The summed E-state index contributed by atoms with van der Waals surface area (Å²) in [6.45, 7) is 7.26. The van der Waals surface area contributed by atoms with Gasteiger partial charge in [-0.3, -0.25) is 14.2 Å². The summed E-state index contributed by atoms with van der Waals surface area (Å²) >= 11 is 0. The summed E-state index contributed by atoms with van der Waals surface area (Å²) in [6, 6.07) is 17.3. The molecule has 0 saturated heterocycles. The van der Waals surface area contributed by atoms with Crippen LogP contribution in [0.4, 0.5) is 0 Å². The van der Waals surface area contributed by atoms with Gasteiger partial charge in [-0.1, -0.05) is 56.3 Å². The first-order chi connectivity index (χ1) is 14.6. The molecule has 158 valence electrons. The Balaban J connectivity index is 1.96. The molecule has 0 radical (unpaired) electrons. The first-order valence-electron chi connectivity index (χ1n) is 10.9. The molecule has 0 fully saturated rings. The molecular weight excluding hydrogens is 374 g/mol. The molecule has 3 aromatic rings. The topological polar surface area (TPSA) is 55.2 Å². The molecule has 1 aromatic heterocycles. The third-order valence-corrected chi connectivity index (χ3v) is 5.52. The molecule has 1 atom stereocenters. The van der Waals surface area contributed by atoms with E-state index >= 15 is 0 Å². The Morgan fingerprint density at radius 1 is 1.03 bits per heavy atom. The summed E-state index contributed by atoms with van der Waals surface area (Å²) < 4.78 is 1.73. The fourth-order valence-electron chi connectivity index (χ4n) is 4.02. The van der Waals surface area contributed by atoms with E-state index in [0.29, 0.717) is 49.1 Å². The third kappa shape index (κ3) is 4.61. The van der Waals surface area contributed by atoms with Crippen molar-refractivity contribution in [3.63, 3.8) is 0 Å². The number of nitrogens with zero attached hydrogens (tertiary/aromatic N) is 3. The number of hydrogen-bond acceptors (Lipinski definition) is 3. The SMILES string of the molecule is CCCN(C(=O)CCc1ccccc1)C(CC)c1nc2ccccc2c(=O)n1CC. The van der Waals surface area contributed by atoms with E-state index in [-0.39, 0.29) is 17.5 Å². The van der Waals surface area contributed by atoms with Crippen molar-refractivity contribution in [3.05, 3.63) is 76.3 Å². The second kappa shape index (κ2) is 10.2. The molecule has 0 bridgehead atoms. The summed E-state index contributed by atoms with van der Waals surface area (Å²) in [5.74, 6) is 0.794. The van der Waals surface area contributed by atoms with Gasteiger partial charge >= 0.3 is 0 Å². The molecule has 0 aliphatic rings. The van der Waals surface area contributed by atoms with Crippen LogP contribution in [-0.4, -0.2) is 26.9 Å². The number of carbonyl (C=O) groups is 1. The summed E-state index contributed by atoms with van der Waals surface area (Å²) in [7, 11) is 0. The first kappa shape index (κ1) is 21.8. The van der Waals surface area contributed by atoms with E-state index in [0.717, 1.165) is 12.0 Å². The lowest BCUT2D eigenvalue weighted by Gasteiger charge is -2.32. The first-order valence-corrected chi connectivity index (χ1v) is 10.9. The van der Waals surface area contributed by atoms with Gasteiger partial charge in [0.15, 0.2) is 0 Å². The normalized spacial score (nSPS) is 12.1. The van der Waals surface area contributed by atoms with Crippen LogP contribution in [0.2, 0.25) is 0 Å². The van der Waals surface area contributed by atoms with E-state index in [1.807, 2.05) is 66.4 Å². The number of aryl methyl sites for hydroxylation is 1. The molecule has 5 heteroatoms. The highest BCUT2D eigenvalue weighted by molar-refractivity contribution is 5.78. The summed E-state index contributed by atoms with van der Waals surface area (Å²) in [5.41, 5.74) is 1.81. The van der Waals surface area contributed by atoms with Crippen LogP contribution in [0.25, 0.3) is 10.9 Å². The Morgan fingerprint density at radius 2 is 1.73 bits per heavy atom. The van der Waals surface area contributed by atoms with E-state index < -0.39 is 0 Å². The number of carbonyl (C=O) groups excluding carboxylic acids is 1. The Hall–Kier alpha value is -2.95. The zero-order valence-electron chi connectivity index (χ0n) is 18.2.